The number of thioether (sulfide) groups is 1. The summed E-state index contributed by atoms with van der Waals surface area (Å²) in [6.07, 6.45) is 5.74. The number of aryl methyl sites for hydroxylation is 1. The molecule has 0 aliphatic heterocycles. The van der Waals surface area contributed by atoms with E-state index in [1.807, 2.05) is 48.7 Å². The van der Waals surface area contributed by atoms with Crippen LogP contribution in [0.15, 0.2) is 41.8 Å². The molecule has 0 bridgehead atoms. The van der Waals surface area contributed by atoms with E-state index in [0.29, 0.717) is 21.3 Å². The van der Waals surface area contributed by atoms with Crippen molar-refractivity contribution in [2.75, 3.05) is 11.1 Å². The summed E-state index contributed by atoms with van der Waals surface area (Å²) in [5.74, 6) is 0.0592. The van der Waals surface area contributed by atoms with Gasteiger partial charge in [-0.15, -0.1) is 21.5 Å². The number of amides is 1. The molecule has 156 valence electrons. The predicted octanol–water partition coefficient (Wildman–Crippen LogP) is 4.76. The molecule has 0 unspecified atom stereocenters. The third kappa shape index (κ3) is 4.34. The Hall–Kier alpha value is -2.45. The number of ketones is 1. The molecule has 0 saturated heterocycles. The van der Waals surface area contributed by atoms with Crippen LogP contribution in [0.2, 0.25) is 0 Å². The number of carbonyl (C=O) groups is 2. The van der Waals surface area contributed by atoms with Crippen LogP contribution >= 0.6 is 23.1 Å². The summed E-state index contributed by atoms with van der Waals surface area (Å²) in [5, 5.41) is 12.4. The van der Waals surface area contributed by atoms with Crippen LogP contribution in [-0.4, -0.2) is 32.2 Å². The number of rotatable bonds is 7. The second kappa shape index (κ2) is 9.14. The second-order valence-corrected chi connectivity index (χ2v) is 9.61. The van der Waals surface area contributed by atoms with Crippen molar-refractivity contribution in [1.29, 1.82) is 0 Å². The maximum Gasteiger partial charge on any atom is 0.235 e. The summed E-state index contributed by atoms with van der Waals surface area (Å²) < 4.78 is 1.94. The average molecular weight is 441 g/mol. The smallest absolute Gasteiger partial charge is 0.235 e. The van der Waals surface area contributed by atoms with Gasteiger partial charge in [0.1, 0.15) is 11.3 Å². The highest BCUT2D eigenvalue weighted by Gasteiger charge is 2.27. The summed E-state index contributed by atoms with van der Waals surface area (Å²) in [6, 6.07) is 9.52. The summed E-state index contributed by atoms with van der Waals surface area (Å²) in [7, 11) is 0. The lowest BCUT2D eigenvalue weighted by Crippen LogP contribution is -2.17. The number of benzene rings is 1. The quantitative estimate of drug-likeness (QED) is 0.423. The normalized spacial score (nSPS) is 13.3. The van der Waals surface area contributed by atoms with Gasteiger partial charge in [-0.3, -0.25) is 9.59 Å². The van der Waals surface area contributed by atoms with E-state index in [2.05, 4.69) is 15.5 Å². The Morgan fingerprint density at radius 3 is 2.73 bits per heavy atom. The van der Waals surface area contributed by atoms with Crippen LogP contribution in [0.3, 0.4) is 0 Å². The molecule has 2 heterocycles. The van der Waals surface area contributed by atoms with Crippen molar-refractivity contribution in [2.45, 2.75) is 50.7 Å². The maximum absolute atomic E-state index is 13.3. The molecule has 0 fully saturated rings. The number of nitrogens with zero attached hydrogens (tertiary/aromatic N) is 3. The minimum atomic E-state index is -0.140. The fourth-order valence-electron chi connectivity index (χ4n) is 3.61. The molecule has 8 heteroatoms. The zero-order chi connectivity index (χ0) is 21.1. The van der Waals surface area contributed by atoms with E-state index in [1.165, 1.54) is 16.6 Å². The first-order valence-electron chi connectivity index (χ1n) is 10.1. The standard InChI is InChI=1S/C22H24N4O2S2/c1-14(2)26-13-23-25-22(26)29-12-18(27)24-21-19(16-10-6-7-11-17(16)30-21)20(28)15-8-4-3-5-9-15/h3-5,8-9,13-14H,6-7,10-12H2,1-2H3,(H,24,27). The van der Waals surface area contributed by atoms with Gasteiger partial charge in [-0.1, -0.05) is 42.1 Å². The van der Waals surface area contributed by atoms with Crippen molar-refractivity contribution in [1.82, 2.24) is 14.8 Å². The molecule has 6 nitrogen and oxygen atoms in total. The first-order chi connectivity index (χ1) is 14.5. The number of aromatic nitrogens is 3. The van der Waals surface area contributed by atoms with Crippen LogP contribution in [0, 0.1) is 0 Å². The summed E-state index contributed by atoms with van der Waals surface area (Å²) in [5.41, 5.74) is 2.44. The van der Waals surface area contributed by atoms with Crippen LogP contribution in [0.1, 0.15) is 59.1 Å². The van der Waals surface area contributed by atoms with Crippen molar-refractivity contribution < 1.29 is 9.59 Å². The van der Waals surface area contributed by atoms with Gasteiger partial charge in [0, 0.05) is 16.5 Å². The van der Waals surface area contributed by atoms with E-state index in [4.69, 9.17) is 0 Å². The first kappa shape index (κ1) is 20.8. The molecule has 0 radical (unpaired) electrons. The van der Waals surface area contributed by atoms with Gasteiger partial charge in [-0.2, -0.15) is 0 Å². The Morgan fingerprint density at radius 2 is 1.97 bits per heavy atom. The molecule has 30 heavy (non-hydrogen) atoms. The molecule has 1 aliphatic rings. The lowest BCUT2D eigenvalue weighted by molar-refractivity contribution is -0.113. The van der Waals surface area contributed by atoms with Crippen LogP contribution in [-0.2, 0) is 17.6 Å². The average Bonchev–Trinajstić information content (AvgIpc) is 3.36. The van der Waals surface area contributed by atoms with Crippen molar-refractivity contribution in [2.24, 2.45) is 0 Å². The molecule has 2 aromatic heterocycles. The number of nitrogens with one attached hydrogen (secondary N) is 1. The molecular weight excluding hydrogens is 416 g/mol. The third-order valence-electron chi connectivity index (χ3n) is 5.12. The van der Waals surface area contributed by atoms with Crippen LogP contribution in [0.25, 0.3) is 0 Å². The minimum Gasteiger partial charge on any atom is -0.316 e. The number of hydrogen-bond donors (Lipinski definition) is 1. The molecule has 1 aromatic carbocycles. The Kier molecular flexibility index (Phi) is 6.34. The largest absolute Gasteiger partial charge is 0.316 e. The minimum absolute atomic E-state index is 0.0162. The molecule has 0 atom stereocenters. The zero-order valence-electron chi connectivity index (χ0n) is 17.1. The number of anilines is 1. The lowest BCUT2D eigenvalue weighted by Gasteiger charge is -2.13. The Labute approximate surface area is 184 Å². The molecule has 1 N–H and O–H groups in total. The molecule has 3 aromatic rings. The maximum atomic E-state index is 13.3. The Balaban J connectivity index is 1.55. The van der Waals surface area contributed by atoms with Gasteiger partial charge >= 0.3 is 0 Å². The molecule has 0 spiro atoms. The SMILES string of the molecule is CC(C)n1cnnc1SCC(=O)Nc1sc2c(c1C(=O)c1ccccc1)CCCC2. The van der Waals surface area contributed by atoms with Crippen molar-refractivity contribution in [3.63, 3.8) is 0 Å². The monoisotopic (exact) mass is 440 g/mol. The second-order valence-electron chi connectivity index (χ2n) is 7.56. The summed E-state index contributed by atoms with van der Waals surface area (Å²) in [6.45, 7) is 4.09. The molecular formula is C22H24N4O2S2. The van der Waals surface area contributed by atoms with Crippen LogP contribution in [0.4, 0.5) is 5.00 Å². The van der Waals surface area contributed by atoms with Gasteiger partial charge in [-0.05, 0) is 45.1 Å². The van der Waals surface area contributed by atoms with Gasteiger partial charge in [-0.25, -0.2) is 0 Å². The van der Waals surface area contributed by atoms with E-state index >= 15 is 0 Å². The number of thiophene rings is 1. The van der Waals surface area contributed by atoms with Crippen LogP contribution < -0.4 is 5.32 Å². The van der Waals surface area contributed by atoms with Gasteiger partial charge in [0.05, 0.1) is 11.3 Å². The molecule has 1 amide bonds. The third-order valence-corrected chi connectivity index (χ3v) is 7.28. The van der Waals surface area contributed by atoms with E-state index < -0.39 is 0 Å². The summed E-state index contributed by atoms with van der Waals surface area (Å²) in [4.78, 5) is 27.2. The molecule has 1 aliphatic carbocycles. The van der Waals surface area contributed by atoms with Gasteiger partial charge < -0.3 is 9.88 Å². The Morgan fingerprint density at radius 1 is 1.20 bits per heavy atom. The van der Waals surface area contributed by atoms with Crippen molar-refractivity contribution in [3.8, 4) is 0 Å². The van der Waals surface area contributed by atoms with Crippen molar-refractivity contribution >= 4 is 39.8 Å². The van der Waals surface area contributed by atoms with E-state index in [9.17, 15) is 9.59 Å². The van der Waals surface area contributed by atoms with E-state index in [0.717, 1.165) is 31.2 Å². The lowest BCUT2D eigenvalue weighted by atomic mass is 9.92. The van der Waals surface area contributed by atoms with Gasteiger partial charge in [0.15, 0.2) is 10.9 Å². The molecule has 4 rings (SSSR count). The highest BCUT2D eigenvalue weighted by molar-refractivity contribution is 7.99. The highest BCUT2D eigenvalue weighted by Crippen LogP contribution is 2.39. The van der Waals surface area contributed by atoms with E-state index in [1.54, 1.807) is 17.7 Å². The van der Waals surface area contributed by atoms with Gasteiger partial charge in [0.2, 0.25) is 5.91 Å². The van der Waals surface area contributed by atoms with Crippen molar-refractivity contribution in [3.05, 3.63) is 58.2 Å². The number of carbonyl (C=O) groups excluding carboxylic acids is 2. The fraction of sp³-hybridized carbons (Fsp3) is 0.364. The zero-order valence-corrected chi connectivity index (χ0v) is 18.7. The topological polar surface area (TPSA) is 76.9 Å². The van der Waals surface area contributed by atoms with Gasteiger partial charge in [0.25, 0.3) is 0 Å². The summed E-state index contributed by atoms with van der Waals surface area (Å²) >= 11 is 2.90. The number of fused-ring (bicyclic) bond motifs is 1. The number of hydrogen-bond acceptors (Lipinski definition) is 6. The first-order valence-corrected chi connectivity index (χ1v) is 11.9. The van der Waals surface area contributed by atoms with E-state index in [-0.39, 0.29) is 23.5 Å². The van der Waals surface area contributed by atoms with Crippen LogP contribution in [0.5, 0.6) is 0 Å². The Bertz CT molecular complexity index is 1060. The fourth-order valence-corrected chi connectivity index (χ4v) is 5.76. The predicted molar refractivity (Wildman–Crippen MR) is 121 cm³/mol. The highest BCUT2D eigenvalue weighted by atomic mass is 32.2. The molecule has 0 saturated carbocycles.